The molecule has 0 bridgehead atoms. The maximum atomic E-state index is 12.8. The van der Waals surface area contributed by atoms with Gasteiger partial charge < -0.3 is 5.11 Å². The van der Waals surface area contributed by atoms with E-state index in [0.717, 1.165) is 0 Å². The van der Waals surface area contributed by atoms with E-state index in [1.165, 1.54) is 0 Å². The molecule has 1 aromatic rings. The van der Waals surface area contributed by atoms with E-state index in [1.807, 2.05) is 0 Å². The zero-order valence-corrected chi connectivity index (χ0v) is 7.02. The van der Waals surface area contributed by atoms with E-state index in [-0.39, 0.29) is 5.15 Å². The lowest BCUT2D eigenvalue weighted by Crippen LogP contribution is -2.02. The molecule has 0 saturated heterocycles. The lowest BCUT2D eigenvalue weighted by molar-refractivity contribution is 0.140. The second kappa shape index (κ2) is 3.93. The number of nitrogens with zero attached hydrogens (tertiary/aromatic N) is 1. The quantitative estimate of drug-likeness (QED) is 0.762. The number of hydrogen-bond donors (Lipinski definition) is 1. The third kappa shape index (κ3) is 2.10. The number of halogens is 4. The molecule has 2 nitrogen and oxygen atoms in total. The van der Waals surface area contributed by atoms with Gasteiger partial charge in [0.25, 0.3) is 6.43 Å². The Hall–Kier alpha value is -0.810. The molecule has 0 atom stereocenters. The van der Waals surface area contributed by atoms with Gasteiger partial charge in [0.15, 0.2) is 0 Å². The molecule has 0 aliphatic carbocycles. The van der Waals surface area contributed by atoms with Gasteiger partial charge in [0, 0.05) is 6.07 Å². The maximum Gasteiger partial charge on any atom is 0.268 e. The highest BCUT2D eigenvalue weighted by atomic mass is 35.5. The standard InChI is InChI=1S/C7H5ClF3NO/c8-5-1-3(9)6(7(10)11)4(2-13)12-5/h1,7,13H,2H2. The first-order valence-electron chi connectivity index (χ1n) is 3.30. The van der Waals surface area contributed by atoms with Crippen molar-refractivity contribution in [2.75, 3.05) is 0 Å². The van der Waals surface area contributed by atoms with Crippen LogP contribution in [0.4, 0.5) is 13.2 Å². The highest BCUT2D eigenvalue weighted by Gasteiger charge is 2.19. The van der Waals surface area contributed by atoms with Crippen LogP contribution in [0.5, 0.6) is 0 Å². The van der Waals surface area contributed by atoms with Gasteiger partial charge in [-0.3, -0.25) is 0 Å². The summed E-state index contributed by atoms with van der Waals surface area (Å²) in [6, 6.07) is 0.683. The largest absolute Gasteiger partial charge is 0.390 e. The van der Waals surface area contributed by atoms with E-state index in [0.29, 0.717) is 6.07 Å². The minimum absolute atomic E-state index is 0.258. The van der Waals surface area contributed by atoms with E-state index in [9.17, 15) is 13.2 Å². The third-order valence-corrected chi connectivity index (χ3v) is 1.62. The van der Waals surface area contributed by atoms with Crippen LogP contribution in [0.3, 0.4) is 0 Å². The van der Waals surface area contributed by atoms with Crippen molar-refractivity contribution in [3.8, 4) is 0 Å². The summed E-state index contributed by atoms with van der Waals surface area (Å²) in [5.41, 5.74) is -1.33. The molecule has 0 radical (unpaired) electrons. The molecule has 0 spiro atoms. The zero-order valence-electron chi connectivity index (χ0n) is 6.27. The number of rotatable bonds is 2. The fraction of sp³-hybridized carbons (Fsp3) is 0.286. The molecular weight excluding hydrogens is 207 g/mol. The average Bonchev–Trinajstić information content (AvgIpc) is 2.01. The van der Waals surface area contributed by atoms with Crippen LogP contribution in [0.2, 0.25) is 5.15 Å². The lowest BCUT2D eigenvalue weighted by atomic mass is 10.2. The number of aromatic nitrogens is 1. The van der Waals surface area contributed by atoms with Gasteiger partial charge in [0.05, 0.1) is 17.9 Å². The van der Waals surface area contributed by atoms with Crippen molar-refractivity contribution < 1.29 is 18.3 Å². The second-order valence-corrected chi connectivity index (χ2v) is 2.63. The SMILES string of the molecule is OCc1nc(Cl)cc(F)c1C(F)F. The molecule has 0 fully saturated rings. The summed E-state index contributed by atoms with van der Waals surface area (Å²) < 4.78 is 37.2. The van der Waals surface area contributed by atoms with Crippen LogP contribution in [0.15, 0.2) is 6.07 Å². The molecule has 0 aliphatic rings. The van der Waals surface area contributed by atoms with E-state index in [4.69, 9.17) is 16.7 Å². The molecule has 13 heavy (non-hydrogen) atoms. The van der Waals surface area contributed by atoms with Crippen LogP contribution < -0.4 is 0 Å². The Morgan fingerprint density at radius 3 is 2.62 bits per heavy atom. The molecule has 1 heterocycles. The number of aliphatic hydroxyl groups excluding tert-OH is 1. The Kier molecular flexibility index (Phi) is 3.11. The minimum Gasteiger partial charge on any atom is -0.390 e. The van der Waals surface area contributed by atoms with Crippen molar-refractivity contribution in [2.45, 2.75) is 13.0 Å². The van der Waals surface area contributed by atoms with Crippen molar-refractivity contribution >= 4 is 11.6 Å². The van der Waals surface area contributed by atoms with Crippen LogP contribution >= 0.6 is 11.6 Å². The minimum atomic E-state index is -3.01. The highest BCUT2D eigenvalue weighted by Crippen LogP contribution is 2.26. The number of alkyl halides is 2. The van der Waals surface area contributed by atoms with Crippen LogP contribution in [0.25, 0.3) is 0 Å². The fourth-order valence-electron chi connectivity index (χ4n) is 0.892. The maximum absolute atomic E-state index is 12.8. The predicted octanol–water partition coefficient (Wildman–Crippen LogP) is 2.30. The van der Waals surface area contributed by atoms with Crippen molar-refractivity contribution in [1.82, 2.24) is 4.98 Å². The van der Waals surface area contributed by atoms with Gasteiger partial charge in [0.1, 0.15) is 11.0 Å². The van der Waals surface area contributed by atoms with Gasteiger partial charge in [0.2, 0.25) is 0 Å². The smallest absolute Gasteiger partial charge is 0.268 e. The van der Waals surface area contributed by atoms with Gasteiger partial charge >= 0.3 is 0 Å². The Labute approximate surface area is 77.0 Å². The van der Waals surface area contributed by atoms with Gasteiger partial charge in [-0.1, -0.05) is 11.6 Å². The van der Waals surface area contributed by atoms with Crippen LogP contribution in [0, 0.1) is 5.82 Å². The van der Waals surface area contributed by atoms with Crippen LogP contribution in [0.1, 0.15) is 17.7 Å². The monoisotopic (exact) mass is 211 g/mol. The average molecular weight is 212 g/mol. The Balaban J connectivity index is 3.30. The summed E-state index contributed by atoms with van der Waals surface area (Å²) in [5.74, 6) is -1.15. The first kappa shape index (κ1) is 10.3. The zero-order chi connectivity index (χ0) is 10.0. The topological polar surface area (TPSA) is 33.1 Å². The van der Waals surface area contributed by atoms with Crippen molar-refractivity contribution in [3.05, 3.63) is 28.3 Å². The van der Waals surface area contributed by atoms with Gasteiger partial charge in [-0.2, -0.15) is 0 Å². The fourth-order valence-corrected chi connectivity index (χ4v) is 1.09. The normalized spacial score (nSPS) is 10.9. The molecule has 0 amide bonds. The summed E-state index contributed by atoms with van der Waals surface area (Å²) in [5, 5.41) is 8.34. The van der Waals surface area contributed by atoms with Crippen LogP contribution in [-0.2, 0) is 6.61 Å². The van der Waals surface area contributed by atoms with Gasteiger partial charge in [-0.15, -0.1) is 0 Å². The summed E-state index contributed by atoms with van der Waals surface area (Å²) in [7, 11) is 0. The van der Waals surface area contributed by atoms with Crippen molar-refractivity contribution in [1.29, 1.82) is 0 Å². The molecule has 1 N–H and O–H groups in total. The van der Waals surface area contributed by atoms with E-state index < -0.39 is 30.1 Å². The highest BCUT2D eigenvalue weighted by molar-refractivity contribution is 6.29. The second-order valence-electron chi connectivity index (χ2n) is 2.25. The molecule has 1 rings (SSSR count). The Bertz CT molecular complexity index is 319. The first-order valence-corrected chi connectivity index (χ1v) is 3.68. The first-order chi connectivity index (χ1) is 6.06. The molecule has 0 aromatic carbocycles. The predicted molar refractivity (Wildman–Crippen MR) is 40.1 cm³/mol. The molecule has 72 valence electrons. The van der Waals surface area contributed by atoms with Gasteiger partial charge in [-0.05, 0) is 0 Å². The molecule has 0 aliphatic heterocycles. The van der Waals surface area contributed by atoms with Gasteiger partial charge in [-0.25, -0.2) is 18.2 Å². The number of hydrogen-bond acceptors (Lipinski definition) is 2. The van der Waals surface area contributed by atoms with E-state index in [2.05, 4.69) is 4.98 Å². The van der Waals surface area contributed by atoms with Crippen LogP contribution in [-0.4, -0.2) is 10.1 Å². The number of aliphatic hydroxyl groups is 1. The third-order valence-electron chi connectivity index (χ3n) is 1.42. The number of pyridine rings is 1. The summed E-state index contributed by atoms with van der Waals surface area (Å²) in [4.78, 5) is 3.37. The Morgan fingerprint density at radius 2 is 2.15 bits per heavy atom. The Morgan fingerprint density at radius 1 is 1.54 bits per heavy atom. The summed E-state index contributed by atoms with van der Waals surface area (Å²) in [6.45, 7) is -0.767. The molecule has 0 unspecified atom stereocenters. The lowest BCUT2D eigenvalue weighted by Gasteiger charge is -2.06. The molecular formula is C7H5ClF3NO. The van der Waals surface area contributed by atoms with Crippen molar-refractivity contribution in [3.63, 3.8) is 0 Å². The summed E-state index contributed by atoms with van der Waals surface area (Å²) >= 11 is 5.30. The van der Waals surface area contributed by atoms with E-state index in [1.54, 1.807) is 0 Å². The molecule has 1 aromatic heterocycles. The molecule has 6 heteroatoms. The van der Waals surface area contributed by atoms with E-state index >= 15 is 0 Å². The van der Waals surface area contributed by atoms with Crippen molar-refractivity contribution in [2.24, 2.45) is 0 Å². The molecule has 0 saturated carbocycles. The summed E-state index contributed by atoms with van der Waals surface area (Å²) in [6.07, 6.45) is -3.01.